The molecule has 2 fully saturated rings. The van der Waals surface area contributed by atoms with Crippen molar-refractivity contribution in [2.45, 2.75) is 61.7 Å². The Bertz CT molecular complexity index is 1230. The van der Waals surface area contributed by atoms with Gasteiger partial charge in [0, 0.05) is 50.5 Å². The summed E-state index contributed by atoms with van der Waals surface area (Å²) in [5.74, 6) is -4.97. The van der Waals surface area contributed by atoms with E-state index in [1.807, 2.05) is 0 Å². The molecule has 2 aliphatic rings. The number of halogens is 5. The lowest BCUT2D eigenvalue weighted by Gasteiger charge is -2.15. The SMILES string of the molecule is CN=[S@](C)(=O)c1cc(NC(=O)c2c(C(F)(F)F)c(C3CC3)nn2C[C@H]2CCC(F)(F)C2)ccn1. The highest BCUT2D eigenvalue weighted by Gasteiger charge is 2.47. The van der Waals surface area contributed by atoms with Crippen molar-refractivity contribution in [2.24, 2.45) is 10.3 Å². The summed E-state index contributed by atoms with van der Waals surface area (Å²) in [6.07, 6.45) is -1.90. The topological polar surface area (TPSA) is 89.2 Å². The molecule has 2 heterocycles. The van der Waals surface area contributed by atoms with E-state index in [4.69, 9.17) is 0 Å². The Balaban J connectivity index is 1.73. The van der Waals surface area contributed by atoms with E-state index >= 15 is 0 Å². The fourth-order valence-electron chi connectivity index (χ4n) is 4.19. The van der Waals surface area contributed by atoms with Gasteiger partial charge in [0.1, 0.15) is 16.3 Å². The minimum atomic E-state index is -4.86. The predicted molar refractivity (Wildman–Crippen MR) is 114 cm³/mol. The molecule has 1 amide bonds. The van der Waals surface area contributed by atoms with E-state index in [0.29, 0.717) is 12.8 Å². The van der Waals surface area contributed by atoms with Gasteiger partial charge in [-0.3, -0.25) is 9.48 Å². The van der Waals surface area contributed by atoms with Crippen LogP contribution in [0, 0.1) is 5.92 Å². The van der Waals surface area contributed by atoms with Crippen molar-refractivity contribution in [3.8, 4) is 0 Å². The number of pyridine rings is 1. The number of amides is 1. The first-order valence-corrected chi connectivity index (χ1v) is 12.7. The molecule has 2 atom stereocenters. The zero-order chi connectivity index (χ0) is 24.9. The molecule has 0 radical (unpaired) electrons. The monoisotopic (exact) mass is 505 g/mol. The highest BCUT2D eigenvalue weighted by atomic mass is 32.2. The Morgan fingerprint density at radius 3 is 2.59 bits per heavy atom. The fourth-order valence-corrected chi connectivity index (χ4v) is 4.97. The summed E-state index contributed by atoms with van der Waals surface area (Å²) < 4.78 is 86.8. The molecule has 2 saturated carbocycles. The average Bonchev–Trinajstić information content (AvgIpc) is 3.43. The van der Waals surface area contributed by atoms with Crippen LogP contribution in [0.2, 0.25) is 0 Å². The van der Waals surface area contributed by atoms with E-state index in [-0.39, 0.29) is 35.8 Å². The third kappa shape index (κ3) is 5.08. The van der Waals surface area contributed by atoms with Gasteiger partial charge in [-0.15, -0.1) is 0 Å². The maximum atomic E-state index is 14.1. The first kappa shape index (κ1) is 24.6. The Morgan fingerprint density at radius 1 is 1.32 bits per heavy atom. The first-order valence-electron chi connectivity index (χ1n) is 10.7. The van der Waals surface area contributed by atoms with Crippen molar-refractivity contribution in [2.75, 3.05) is 18.6 Å². The zero-order valence-corrected chi connectivity index (χ0v) is 19.3. The molecule has 0 saturated heterocycles. The molecule has 34 heavy (non-hydrogen) atoms. The van der Waals surface area contributed by atoms with Gasteiger partial charge in [-0.1, -0.05) is 0 Å². The fraction of sp³-hybridized carbons (Fsp3) is 0.571. The number of carbonyl (C=O) groups is 1. The number of carbonyl (C=O) groups excluding carboxylic acids is 1. The number of anilines is 1. The number of hydrogen-bond donors (Lipinski definition) is 1. The summed E-state index contributed by atoms with van der Waals surface area (Å²) in [6.45, 7) is -0.215. The normalized spacial score (nSPS) is 21.8. The molecular formula is C21H24F5N5O2S. The maximum Gasteiger partial charge on any atom is 0.420 e. The quantitative estimate of drug-likeness (QED) is 0.563. The molecule has 7 nitrogen and oxygen atoms in total. The second kappa shape index (κ2) is 8.58. The first-order chi connectivity index (χ1) is 15.8. The van der Waals surface area contributed by atoms with E-state index in [2.05, 4.69) is 19.8 Å². The van der Waals surface area contributed by atoms with Gasteiger partial charge in [-0.25, -0.2) is 22.3 Å². The molecular weight excluding hydrogens is 481 g/mol. The number of alkyl halides is 5. The Hall–Kier alpha value is -2.57. The van der Waals surface area contributed by atoms with E-state index in [1.165, 1.54) is 31.6 Å². The lowest BCUT2D eigenvalue weighted by atomic mass is 10.1. The van der Waals surface area contributed by atoms with Crippen molar-refractivity contribution in [3.63, 3.8) is 0 Å². The molecule has 186 valence electrons. The van der Waals surface area contributed by atoms with E-state index in [0.717, 1.165) is 4.68 Å². The van der Waals surface area contributed by atoms with Gasteiger partial charge in [0.25, 0.3) is 5.91 Å². The smallest absolute Gasteiger partial charge is 0.320 e. The molecule has 0 unspecified atom stereocenters. The van der Waals surface area contributed by atoms with E-state index in [9.17, 15) is 31.0 Å². The molecule has 4 rings (SSSR count). The van der Waals surface area contributed by atoms with Crippen molar-refractivity contribution >= 4 is 21.3 Å². The predicted octanol–water partition coefficient (Wildman–Crippen LogP) is 4.95. The van der Waals surface area contributed by atoms with Crippen molar-refractivity contribution in [1.29, 1.82) is 0 Å². The lowest BCUT2D eigenvalue weighted by Crippen LogP contribution is -2.24. The van der Waals surface area contributed by atoms with Crippen molar-refractivity contribution < 1.29 is 31.0 Å². The van der Waals surface area contributed by atoms with Crippen LogP contribution in [-0.4, -0.2) is 44.1 Å². The van der Waals surface area contributed by atoms with Crippen LogP contribution in [0.15, 0.2) is 27.7 Å². The third-order valence-electron chi connectivity index (χ3n) is 6.11. The standard InChI is InChI=1S/C21H24F5N5O2S/c1-27-34(2,33)15-9-14(6-8-28-15)29-19(32)18-16(21(24,25)26)17(13-3-4-13)30-31(18)11-12-5-7-20(22,23)10-12/h6,8-9,12-13H,3-5,7,10-11H2,1-2H3,(H,28,29,32)/t12-,34+/m0/s1. The molecule has 0 spiro atoms. The Kier molecular flexibility index (Phi) is 6.19. The summed E-state index contributed by atoms with van der Waals surface area (Å²) in [7, 11) is -1.50. The second-order valence-electron chi connectivity index (χ2n) is 8.85. The summed E-state index contributed by atoms with van der Waals surface area (Å²) >= 11 is 0. The van der Waals surface area contributed by atoms with Crippen LogP contribution >= 0.6 is 0 Å². The lowest BCUT2D eigenvalue weighted by molar-refractivity contribution is -0.138. The molecule has 2 aromatic heterocycles. The van der Waals surface area contributed by atoms with Crippen molar-refractivity contribution in [3.05, 3.63) is 35.3 Å². The molecule has 13 heteroatoms. The molecule has 0 aromatic carbocycles. The van der Waals surface area contributed by atoms with Crippen LogP contribution in [-0.2, 0) is 22.5 Å². The number of rotatable bonds is 6. The van der Waals surface area contributed by atoms with Gasteiger partial charge in [0.15, 0.2) is 0 Å². The minimum Gasteiger partial charge on any atom is -0.320 e. The highest BCUT2D eigenvalue weighted by Crippen LogP contribution is 2.47. The second-order valence-corrected chi connectivity index (χ2v) is 11.2. The number of hydrogen-bond acceptors (Lipinski definition) is 5. The summed E-state index contributed by atoms with van der Waals surface area (Å²) in [5, 5.41) is 6.57. The molecule has 0 bridgehead atoms. The van der Waals surface area contributed by atoms with Gasteiger partial charge in [-0.2, -0.15) is 18.3 Å². The van der Waals surface area contributed by atoms with Crippen molar-refractivity contribution in [1.82, 2.24) is 14.8 Å². The Labute approximate surface area is 193 Å². The van der Waals surface area contributed by atoms with Gasteiger partial charge in [0.2, 0.25) is 5.92 Å². The molecule has 2 aromatic rings. The van der Waals surface area contributed by atoms with Gasteiger partial charge in [-0.05, 0) is 37.3 Å². The number of nitrogens with zero attached hydrogens (tertiary/aromatic N) is 4. The highest BCUT2D eigenvalue weighted by molar-refractivity contribution is 7.92. The molecule has 2 aliphatic carbocycles. The zero-order valence-electron chi connectivity index (χ0n) is 18.5. The van der Waals surface area contributed by atoms with Crippen LogP contribution in [0.4, 0.5) is 27.6 Å². The van der Waals surface area contributed by atoms with Crippen LogP contribution in [0.1, 0.15) is 59.8 Å². The maximum absolute atomic E-state index is 14.1. The van der Waals surface area contributed by atoms with E-state index < -0.39 is 57.2 Å². The number of nitrogens with one attached hydrogen (secondary N) is 1. The van der Waals surface area contributed by atoms with Crippen LogP contribution < -0.4 is 5.32 Å². The van der Waals surface area contributed by atoms with Crippen LogP contribution in [0.5, 0.6) is 0 Å². The van der Waals surface area contributed by atoms with Crippen LogP contribution in [0.3, 0.4) is 0 Å². The summed E-state index contributed by atoms with van der Waals surface area (Å²) in [5.41, 5.74) is -1.98. The summed E-state index contributed by atoms with van der Waals surface area (Å²) in [4.78, 5) is 17.1. The van der Waals surface area contributed by atoms with Gasteiger partial charge < -0.3 is 5.32 Å². The third-order valence-corrected chi connectivity index (χ3v) is 7.80. The minimum absolute atomic E-state index is 0.0595. The summed E-state index contributed by atoms with van der Waals surface area (Å²) in [6, 6.07) is 2.63. The van der Waals surface area contributed by atoms with Gasteiger partial charge >= 0.3 is 6.18 Å². The molecule has 1 N–H and O–H groups in total. The average molecular weight is 506 g/mol. The Morgan fingerprint density at radius 2 is 2.03 bits per heavy atom. The largest absolute Gasteiger partial charge is 0.420 e. The van der Waals surface area contributed by atoms with Gasteiger partial charge in [0.05, 0.1) is 15.4 Å². The van der Waals surface area contributed by atoms with E-state index in [1.54, 1.807) is 0 Å². The number of aromatic nitrogens is 3. The van der Waals surface area contributed by atoms with Crippen LogP contribution in [0.25, 0.3) is 0 Å². The molecule has 0 aliphatic heterocycles.